The van der Waals surface area contributed by atoms with Gasteiger partial charge in [0.15, 0.2) is 15.1 Å². The molecular weight excluding hydrogens is 290 g/mol. The lowest BCUT2D eigenvalue weighted by molar-refractivity contribution is -0.136. The lowest BCUT2D eigenvalue weighted by atomic mass is 10.1. The van der Waals surface area contributed by atoms with E-state index in [1.807, 2.05) is 37.3 Å². The van der Waals surface area contributed by atoms with E-state index in [1.165, 1.54) is 0 Å². The maximum Gasteiger partial charge on any atom is 0.321 e. The Balaban J connectivity index is 2.71. The van der Waals surface area contributed by atoms with Crippen molar-refractivity contribution in [3.05, 3.63) is 35.4 Å². The minimum Gasteiger partial charge on any atom is -0.480 e. The summed E-state index contributed by atoms with van der Waals surface area (Å²) >= 11 is 0. The SMILES string of the molecule is Cc1ccc(CCC(C(=O)O)S(=O)(=O)CCCC#N)cc1. The highest BCUT2D eigenvalue weighted by Gasteiger charge is 2.31. The van der Waals surface area contributed by atoms with Gasteiger partial charge in [0.25, 0.3) is 0 Å². The Labute approximate surface area is 125 Å². The molecule has 0 aromatic heterocycles. The molecule has 1 aromatic carbocycles. The molecule has 1 atom stereocenters. The van der Waals surface area contributed by atoms with Crippen molar-refractivity contribution in [2.24, 2.45) is 0 Å². The molecule has 0 fully saturated rings. The Morgan fingerprint density at radius 1 is 1.33 bits per heavy atom. The van der Waals surface area contributed by atoms with Crippen LogP contribution in [0.3, 0.4) is 0 Å². The summed E-state index contributed by atoms with van der Waals surface area (Å²) in [5, 5.41) is 16.2. The van der Waals surface area contributed by atoms with Gasteiger partial charge in [-0.1, -0.05) is 29.8 Å². The molecule has 1 N–H and O–H groups in total. The fourth-order valence-corrected chi connectivity index (χ4v) is 3.62. The Morgan fingerprint density at radius 2 is 1.95 bits per heavy atom. The van der Waals surface area contributed by atoms with E-state index in [-0.39, 0.29) is 25.0 Å². The van der Waals surface area contributed by atoms with Crippen LogP contribution < -0.4 is 0 Å². The van der Waals surface area contributed by atoms with Crippen LogP contribution in [0.15, 0.2) is 24.3 Å². The number of sulfone groups is 1. The van der Waals surface area contributed by atoms with Gasteiger partial charge in [0.2, 0.25) is 0 Å². The number of carbonyl (C=O) groups is 1. The first-order valence-corrected chi connectivity index (χ1v) is 8.45. The quantitative estimate of drug-likeness (QED) is 0.742. The molecule has 0 radical (unpaired) electrons. The monoisotopic (exact) mass is 309 g/mol. The van der Waals surface area contributed by atoms with Gasteiger partial charge >= 0.3 is 5.97 Å². The second-order valence-electron chi connectivity index (χ2n) is 4.98. The molecule has 21 heavy (non-hydrogen) atoms. The van der Waals surface area contributed by atoms with Crippen molar-refractivity contribution in [1.82, 2.24) is 0 Å². The Morgan fingerprint density at radius 3 is 2.48 bits per heavy atom. The molecule has 0 saturated carbocycles. The molecule has 0 amide bonds. The lowest BCUT2D eigenvalue weighted by Gasteiger charge is -2.13. The second-order valence-corrected chi connectivity index (χ2v) is 7.28. The normalized spacial score (nSPS) is 12.6. The third kappa shape index (κ3) is 5.56. The van der Waals surface area contributed by atoms with Crippen molar-refractivity contribution in [2.45, 2.75) is 37.9 Å². The molecule has 6 heteroatoms. The van der Waals surface area contributed by atoms with E-state index in [9.17, 15) is 13.2 Å². The first-order chi connectivity index (χ1) is 9.86. The summed E-state index contributed by atoms with van der Waals surface area (Å²) in [7, 11) is -3.72. The molecule has 0 saturated heterocycles. The molecule has 0 aliphatic heterocycles. The summed E-state index contributed by atoms with van der Waals surface area (Å²) in [6.07, 6.45) is 0.735. The van der Waals surface area contributed by atoms with Crippen LogP contribution in [0.4, 0.5) is 0 Å². The molecule has 0 bridgehead atoms. The third-order valence-electron chi connectivity index (χ3n) is 3.24. The first-order valence-electron chi connectivity index (χ1n) is 6.73. The Hall–Kier alpha value is -1.87. The number of carboxylic acid groups (broad SMARTS) is 1. The van der Waals surface area contributed by atoms with Crippen molar-refractivity contribution in [3.63, 3.8) is 0 Å². The molecule has 1 rings (SSSR count). The predicted octanol–water partition coefficient (Wildman–Crippen LogP) is 2.10. The number of unbranched alkanes of at least 4 members (excludes halogenated alkanes) is 1. The van der Waals surface area contributed by atoms with E-state index in [4.69, 9.17) is 10.4 Å². The highest BCUT2D eigenvalue weighted by Crippen LogP contribution is 2.15. The number of aliphatic carboxylic acids is 1. The maximum atomic E-state index is 12.0. The zero-order valence-corrected chi connectivity index (χ0v) is 12.8. The second kappa shape index (κ2) is 7.79. The van der Waals surface area contributed by atoms with Gasteiger partial charge in [0.05, 0.1) is 11.8 Å². The smallest absolute Gasteiger partial charge is 0.321 e. The largest absolute Gasteiger partial charge is 0.480 e. The average Bonchev–Trinajstić information content (AvgIpc) is 2.40. The van der Waals surface area contributed by atoms with Crippen molar-refractivity contribution >= 4 is 15.8 Å². The van der Waals surface area contributed by atoms with Gasteiger partial charge in [-0.05, 0) is 31.7 Å². The summed E-state index contributed by atoms with van der Waals surface area (Å²) in [5.74, 6) is -1.58. The van der Waals surface area contributed by atoms with E-state index in [0.29, 0.717) is 6.42 Å². The number of hydrogen-bond donors (Lipinski definition) is 1. The predicted molar refractivity (Wildman–Crippen MR) is 79.6 cm³/mol. The van der Waals surface area contributed by atoms with E-state index in [2.05, 4.69) is 0 Å². The number of nitrogens with zero attached hydrogens (tertiary/aromatic N) is 1. The zero-order chi connectivity index (χ0) is 15.9. The lowest BCUT2D eigenvalue weighted by Crippen LogP contribution is -2.32. The molecule has 0 spiro atoms. The van der Waals surface area contributed by atoms with Gasteiger partial charge in [-0.25, -0.2) is 8.42 Å². The van der Waals surface area contributed by atoms with Crippen LogP contribution >= 0.6 is 0 Å². The van der Waals surface area contributed by atoms with Crippen LogP contribution in [0.1, 0.15) is 30.4 Å². The topological polar surface area (TPSA) is 95.2 Å². The Kier molecular flexibility index (Phi) is 6.38. The molecular formula is C15H19NO4S. The van der Waals surface area contributed by atoms with Gasteiger partial charge < -0.3 is 5.11 Å². The minimum atomic E-state index is -3.72. The molecule has 5 nitrogen and oxygen atoms in total. The number of hydrogen-bond acceptors (Lipinski definition) is 4. The molecule has 0 aliphatic rings. The van der Waals surface area contributed by atoms with Crippen LogP contribution in [-0.4, -0.2) is 30.5 Å². The first kappa shape index (κ1) is 17.2. The number of nitriles is 1. The standard InChI is InChI=1S/C15H19NO4S/c1-12-4-6-13(7-5-12)8-9-14(15(17)18)21(19,20)11-3-2-10-16/h4-7,14H,2-3,8-9,11H2,1H3,(H,17,18). The van der Waals surface area contributed by atoms with Crippen LogP contribution in [-0.2, 0) is 21.1 Å². The number of benzene rings is 1. The fourth-order valence-electron chi connectivity index (χ4n) is 2.00. The minimum absolute atomic E-state index is 0.0489. The van der Waals surface area contributed by atoms with Crippen LogP contribution in [0, 0.1) is 18.3 Å². The van der Waals surface area contributed by atoms with E-state index in [0.717, 1.165) is 11.1 Å². The summed E-state index contributed by atoms with van der Waals surface area (Å²) in [6.45, 7) is 1.95. The summed E-state index contributed by atoms with van der Waals surface area (Å²) in [5.41, 5.74) is 2.01. The maximum absolute atomic E-state index is 12.0. The molecule has 1 unspecified atom stereocenters. The molecule has 0 heterocycles. The van der Waals surface area contributed by atoms with Crippen molar-refractivity contribution in [2.75, 3.05) is 5.75 Å². The van der Waals surface area contributed by atoms with E-state index >= 15 is 0 Å². The van der Waals surface area contributed by atoms with Crippen LogP contribution in [0.25, 0.3) is 0 Å². The highest BCUT2D eigenvalue weighted by molar-refractivity contribution is 7.92. The Bertz CT molecular complexity index is 614. The van der Waals surface area contributed by atoms with Crippen molar-refractivity contribution in [3.8, 4) is 6.07 Å². The van der Waals surface area contributed by atoms with Gasteiger partial charge in [-0.3, -0.25) is 4.79 Å². The molecule has 1 aromatic rings. The fraction of sp³-hybridized carbons (Fsp3) is 0.467. The van der Waals surface area contributed by atoms with Crippen LogP contribution in [0.5, 0.6) is 0 Å². The molecule has 0 aliphatic carbocycles. The van der Waals surface area contributed by atoms with Gasteiger partial charge in [-0.15, -0.1) is 0 Å². The summed E-state index contributed by atoms with van der Waals surface area (Å²) in [4.78, 5) is 11.2. The molecule has 114 valence electrons. The number of carboxylic acids is 1. The van der Waals surface area contributed by atoms with Gasteiger partial charge in [0.1, 0.15) is 0 Å². The average molecular weight is 309 g/mol. The van der Waals surface area contributed by atoms with Crippen LogP contribution in [0.2, 0.25) is 0 Å². The van der Waals surface area contributed by atoms with Crippen molar-refractivity contribution in [1.29, 1.82) is 5.26 Å². The van der Waals surface area contributed by atoms with Crippen molar-refractivity contribution < 1.29 is 18.3 Å². The zero-order valence-electron chi connectivity index (χ0n) is 11.9. The summed E-state index contributed by atoms with van der Waals surface area (Å²) in [6, 6.07) is 9.42. The highest BCUT2D eigenvalue weighted by atomic mass is 32.2. The van der Waals surface area contributed by atoms with E-state index < -0.39 is 21.1 Å². The summed E-state index contributed by atoms with van der Waals surface area (Å²) < 4.78 is 24.1. The van der Waals surface area contributed by atoms with E-state index in [1.54, 1.807) is 0 Å². The number of rotatable bonds is 8. The van der Waals surface area contributed by atoms with Gasteiger partial charge in [0, 0.05) is 6.42 Å². The van der Waals surface area contributed by atoms with Gasteiger partial charge in [-0.2, -0.15) is 5.26 Å². The number of aryl methyl sites for hydroxylation is 2. The third-order valence-corrected chi connectivity index (χ3v) is 5.40.